The van der Waals surface area contributed by atoms with Crippen LogP contribution in [0.1, 0.15) is 5.56 Å². The number of imidazole rings is 1. The highest BCUT2D eigenvalue weighted by Crippen LogP contribution is 2.22. The molecule has 84 valence electrons. The van der Waals surface area contributed by atoms with Crippen LogP contribution in [0.2, 0.25) is 0 Å². The number of nitrogens with one attached hydrogen (secondary N) is 1. The zero-order valence-corrected chi connectivity index (χ0v) is 9.57. The van der Waals surface area contributed by atoms with Gasteiger partial charge < -0.3 is 10.7 Å². The minimum Gasteiger partial charge on any atom is -0.399 e. The number of hydrogen-bond donors (Lipinski definition) is 2. The molecule has 0 aliphatic heterocycles. The van der Waals surface area contributed by atoms with Crippen molar-refractivity contribution in [1.29, 1.82) is 0 Å². The van der Waals surface area contributed by atoms with E-state index in [1.807, 2.05) is 30.3 Å². The second kappa shape index (κ2) is 3.63. The number of H-pyrrole nitrogens is 1. The van der Waals surface area contributed by atoms with Crippen LogP contribution in [0.25, 0.3) is 22.4 Å². The fourth-order valence-electron chi connectivity index (χ4n) is 1.96. The molecule has 0 saturated heterocycles. The van der Waals surface area contributed by atoms with Crippen molar-refractivity contribution in [3.63, 3.8) is 0 Å². The molecule has 0 fully saturated rings. The highest BCUT2D eigenvalue weighted by Gasteiger charge is 2.05. The molecule has 17 heavy (non-hydrogen) atoms. The molecule has 0 aliphatic rings. The monoisotopic (exact) mass is 223 g/mol. The third kappa shape index (κ3) is 1.76. The van der Waals surface area contributed by atoms with E-state index in [2.05, 4.69) is 29.0 Å². The summed E-state index contributed by atoms with van der Waals surface area (Å²) in [4.78, 5) is 7.84. The first kappa shape index (κ1) is 9.90. The average molecular weight is 223 g/mol. The largest absolute Gasteiger partial charge is 0.399 e. The number of fused-ring (bicyclic) bond motifs is 1. The molecule has 3 rings (SSSR count). The highest BCUT2D eigenvalue weighted by molar-refractivity contribution is 5.82. The molecule has 2 aromatic carbocycles. The minimum absolute atomic E-state index is 0.747. The van der Waals surface area contributed by atoms with Crippen molar-refractivity contribution in [2.75, 3.05) is 5.73 Å². The Morgan fingerprint density at radius 2 is 2.00 bits per heavy atom. The smallest absolute Gasteiger partial charge is 0.138 e. The van der Waals surface area contributed by atoms with Crippen LogP contribution < -0.4 is 5.73 Å². The van der Waals surface area contributed by atoms with Gasteiger partial charge in [0.1, 0.15) is 5.82 Å². The molecule has 0 unspecified atom stereocenters. The Bertz CT molecular complexity index is 683. The van der Waals surface area contributed by atoms with Gasteiger partial charge in [-0.1, -0.05) is 23.8 Å². The molecule has 0 saturated carbocycles. The lowest BCUT2D eigenvalue weighted by Gasteiger charge is -1.97. The van der Waals surface area contributed by atoms with E-state index in [9.17, 15) is 0 Å². The van der Waals surface area contributed by atoms with Crippen LogP contribution in [-0.4, -0.2) is 9.97 Å². The standard InChI is InChI=1S/C14H13N3/c1-9-3-2-4-10(7-9)14-16-12-6-5-11(15)8-13(12)17-14/h2-8H,15H2,1H3,(H,16,17). The van der Waals surface area contributed by atoms with E-state index < -0.39 is 0 Å². The number of rotatable bonds is 1. The summed E-state index contributed by atoms with van der Waals surface area (Å²) in [5, 5.41) is 0. The topological polar surface area (TPSA) is 54.7 Å². The van der Waals surface area contributed by atoms with Crippen molar-refractivity contribution < 1.29 is 0 Å². The molecule has 0 spiro atoms. The quantitative estimate of drug-likeness (QED) is 0.623. The number of hydrogen-bond acceptors (Lipinski definition) is 2. The van der Waals surface area contributed by atoms with Gasteiger partial charge in [0.15, 0.2) is 0 Å². The number of aryl methyl sites for hydroxylation is 1. The van der Waals surface area contributed by atoms with Crippen molar-refractivity contribution >= 4 is 16.7 Å². The van der Waals surface area contributed by atoms with E-state index in [0.717, 1.165) is 28.1 Å². The second-order valence-corrected chi connectivity index (χ2v) is 4.23. The van der Waals surface area contributed by atoms with Crippen LogP contribution in [0, 0.1) is 6.92 Å². The number of aromatic amines is 1. The summed E-state index contributed by atoms with van der Waals surface area (Å²) in [7, 11) is 0. The van der Waals surface area contributed by atoms with Crippen molar-refractivity contribution in [3.8, 4) is 11.4 Å². The third-order valence-electron chi connectivity index (χ3n) is 2.80. The van der Waals surface area contributed by atoms with Gasteiger partial charge in [0.05, 0.1) is 11.0 Å². The first-order chi connectivity index (χ1) is 8.22. The first-order valence-corrected chi connectivity index (χ1v) is 5.55. The molecule has 1 aromatic heterocycles. The molecular formula is C14H13N3. The van der Waals surface area contributed by atoms with Gasteiger partial charge >= 0.3 is 0 Å². The zero-order valence-electron chi connectivity index (χ0n) is 9.57. The maximum atomic E-state index is 5.75. The molecular weight excluding hydrogens is 210 g/mol. The summed E-state index contributed by atoms with van der Waals surface area (Å²) in [5.41, 5.74) is 10.7. The number of nitrogens with two attached hydrogens (primary N) is 1. The summed E-state index contributed by atoms with van der Waals surface area (Å²) in [6.07, 6.45) is 0. The molecule has 0 aliphatic carbocycles. The van der Waals surface area contributed by atoms with Gasteiger partial charge in [-0.05, 0) is 31.2 Å². The van der Waals surface area contributed by atoms with Gasteiger partial charge in [-0.2, -0.15) is 0 Å². The van der Waals surface area contributed by atoms with Crippen LogP contribution in [0.5, 0.6) is 0 Å². The third-order valence-corrected chi connectivity index (χ3v) is 2.80. The zero-order chi connectivity index (χ0) is 11.8. The van der Waals surface area contributed by atoms with Gasteiger partial charge in [-0.15, -0.1) is 0 Å². The summed E-state index contributed by atoms with van der Waals surface area (Å²) in [6, 6.07) is 14.0. The fourth-order valence-corrected chi connectivity index (χ4v) is 1.96. The SMILES string of the molecule is Cc1cccc(-c2nc3ccc(N)cc3[nH]2)c1. The van der Waals surface area contributed by atoms with Crippen LogP contribution in [0.3, 0.4) is 0 Å². The number of benzene rings is 2. The second-order valence-electron chi connectivity index (χ2n) is 4.23. The number of anilines is 1. The van der Waals surface area contributed by atoms with Crippen LogP contribution in [0.15, 0.2) is 42.5 Å². The molecule has 1 heterocycles. The molecule has 3 N–H and O–H groups in total. The normalized spacial score (nSPS) is 10.9. The Kier molecular flexibility index (Phi) is 2.11. The Morgan fingerprint density at radius 3 is 2.82 bits per heavy atom. The van der Waals surface area contributed by atoms with Crippen molar-refractivity contribution in [1.82, 2.24) is 9.97 Å². The molecule has 3 nitrogen and oxygen atoms in total. The van der Waals surface area contributed by atoms with E-state index >= 15 is 0 Å². The Hall–Kier alpha value is -2.29. The molecule has 3 heteroatoms. The average Bonchev–Trinajstić information content (AvgIpc) is 2.72. The van der Waals surface area contributed by atoms with Gasteiger partial charge in [0, 0.05) is 11.3 Å². The van der Waals surface area contributed by atoms with Gasteiger partial charge in [0.2, 0.25) is 0 Å². The maximum absolute atomic E-state index is 5.75. The van der Waals surface area contributed by atoms with Crippen molar-refractivity contribution in [2.45, 2.75) is 6.92 Å². The number of nitrogen functional groups attached to an aromatic ring is 1. The summed E-state index contributed by atoms with van der Waals surface area (Å²) in [5.74, 6) is 0.884. The van der Waals surface area contributed by atoms with Crippen molar-refractivity contribution in [2.24, 2.45) is 0 Å². The fraction of sp³-hybridized carbons (Fsp3) is 0.0714. The van der Waals surface area contributed by atoms with E-state index in [0.29, 0.717) is 0 Å². The van der Waals surface area contributed by atoms with Gasteiger partial charge in [-0.3, -0.25) is 0 Å². The molecule has 3 aromatic rings. The Balaban J connectivity index is 2.18. The molecule has 0 atom stereocenters. The van der Waals surface area contributed by atoms with Crippen LogP contribution in [0.4, 0.5) is 5.69 Å². The molecule has 0 bridgehead atoms. The van der Waals surface area contributed by atoms with E-state index in [1.54, 1.807) is 0 Å². The van der Waals surface area contributed by atoms with Gasteiger partial charge in [0.25, 0.3) is 0 Å². The lowest BCUT2D eigenvalue weighted by Crippen LogP contribution is -1.82. The predicted molar refractivity (Wildman–Crippen MR) is 70.7 cm³/mol. The Morgan fingerprint density at radius 1 is 1.12 bits per heavy atom. The van der Waals surface area contributed by atoms with Crippen LogP contribution in [-0.2, 0) is 0 Å². The van der Waals surface area contributed by atoms with E-state index in [4.69, 9.17) is 5.73 Å². The Labute approximate surface area is 99.3 Å². The summed E-state index contributed by atoms with van der Waals surface area (Å²) >= 11 is 0. The number of aromatic nitrogens is 2. The van der Waals surface area contributed by atoms with Gasteiger partial charge in [-0.25, -0.2) is 4.98 Å². The lowest BCUT2D eigenvalue weighted by molar-refractivity contribution is 1.32. The van der Waals surface area contributed by atoms with E-state index in [1.165, 1.54) is 5.56 Å². The summed E-state index contributed by atoms with van der Waals surface area (Å²) < 4.78 is 0. The highest BCUT2D eigenvalue weighted by atomic mass is 14.9. The lowest BCUT2D eigenvalue weighted by atomic mass is 10.1. The minimum atomic E-state index is 0.747. The number of nitrogens with zero attached hydrogens (tertiary/aromatic N) is 1. The molecule has 0 amide bonds. The summed E-state index contributed by atoms with van der Waals surface area (Å²) in [6.45, 7) is 2.07. The molecule has 0 radical (unpaired) electrons. The van der Waals surface area contributed by atoms with Crippen LogP contribution >= 0.6 is 0 Å². The maximum Gasteiger partial charge on any atom is 0.138 e. The van der Waals surface area contributed by atoms with Crippen molar-refractivity contribution in [3.05, 3.63) is 48.0 Å². The predicted octanol–water partition coefficient (Wildman–Crippen LogP) is 3.12. The van der Waals surface area contributed by atoms with E-state index in [-0.39, 0.29) is 0 Å². The first-order valence-electron chi connectivity index (χ1n) is 5.55.